The zero-order chi connectivity index (χ0) is 27.8. The number of hydrogen-bond donors (Lipinski definition) is 3. The summed E-state index contributed by atoms with van der Waals surface area (Å²) in [5.41, 5.74) is 0.567. The van der Waals surface area contributed by atoms with E-state index < -0.39 is 22.8 Å². The first-order valence-corrected chi connectivity index (χ1v) is 12.1. The standard InChI is InChI=1S/C28H22ClF3N4O3/c29-24-11-8-20(16-23(24)28(30,31)32)36-27(38)35-19-6-9-21(10-7-19)39-22-13-15-33-25(17-22)26(37)34-14-12-18-4-2-1-3-5-18/h1-11,13,15-17H,12,14H2,(H,34,37)(H2,35,36,38). The zero-order valence-corrected chi connectivity index (χ0v) is 21.0. The number of benzene rings is 3. The molecule has 1 aromatic heterocycles. The first kappa shape index (κ1) is 27.5. The molecule has 4 rings (SSSR count). The molecule has 0 saturated heterocycles. The van der Waals surface area contributed by atoms with E-state index in [9.17, 15) is 22.8 Å². The summed E-state index contributed by atoms with van der Waals surface area (Å²) in [6, 6.07) is 21.5. The topological polar surface area (TPSA) is 92.3 Å². The lowest BCUT2D eigenvalue weighted by Gasteiger charge is -2.12. The normalized spacial score (nSPS) is 11.0. The van der Waals surface area contributed by atoms with E-state index in [0.717, 1.165) is 17.7 Å². The molecule has 0 fully saturated rings. The molecule has 0 saturated carbocycles. The van der Waals surface area contributed by atoms with E-state index in [1.54, 1.807) is 30.3 Å². The molecule has 0 bridgehead atoms. The molecule has 1 heterocycles. The molecule has 4 aromatic rings. The molecule has 0 aliphatic carbocycles. The number of rotatable bonds is 8. The molecule has 0 atom stereocenters. The predicted molar refractivity (Wildman–Crippen MR) is 142 cm³/mol. The average molecular weight is 555 g/mol. The van der Waals surface area contributed by atoms with E-state index in [4.69, 9.17) is 16.3 Å². The third-order valence-electron chi connectivity index (χ3n) is 5.38. The van der Waals surface area contributed by atoms with Gasteiger partial charge >= 0.3 is 12.2 Å². The van der Waals surface area contributed by atoms with E-state index in [1.807, 2.05) is 30.3 Å². The van der Waals surface area contributed by atoms with Crippen LogP contribution in [0.5, 0.6) is 11.5 Å². The number of pyridine rings is 1. The summed E-state index contributed by atoms with van der Waals surface area (Å²) >= 11 is 5.60. The van der Waals surface area contributed by atoms with Crippen molar-refractivity contribution in [2.45, 2.75) is 12.6 Å². The van der Waals surface area contributed by atoms with Gasteiger partial charge in [0.15, 0.2) is 0 Å². The SMILES string of the molecule is O=C(Nc1ccc(Oc2ccnc(C(=O)NCCc3ccccc3)c2)cc1)Nc1ccc(Cl)c(C(F)(F)F)c1. The number of amides is 3. The second-order valence-electron chi connectivity index (χ2n) is 8.27. The molecule has 11 heteroatoms. The highest BCUT2D eigenvalue weighted by Gasteiger charge is 2.33. The number of nitrogens with zero attached hydrogens (tertiary/aromatic N) is 1. The van der Waals surface area contributed by atoms with E-state index in [-0.39, 0.29) is 17.3 Å². The lowest BCUT2D eigenvalue weighted by atomic mass is 10.1. The number of alkyl halides is 3. The molecule has 3 amide bonds. The van der Waals surface area contributed by atoms with Crippen LogP contribution in [0.15, 0.2) is 91.1 Å². The van der Waals surface area contributed by atoms with Crippen molar-refractivity contribution in [2.75, 3.05) is 17.2 Å². The van der Waals surface area contributed by atoms with Crippen molar-refractivity contribution < 1.29 is 27.5 Å². The number of carbonyl (C=O) groups excluding carboxylic acids is 2. The van der Waals surface area contributed by atoms with E-state index in [0.29, 0.717) is 30.2 Å². The Morgan fingerprint density at radius 3 is 2.26 bits per heavy atom. The van der Waals surface area contributed by atoms with Gasteiger partial charge in [-0.15, -0.1) is 0 Å². The Labute approximate surface area is 227 Å². The fourth-order valence-corrected chi connectivity index (χ4v) is 3.74. The fourth-order valence-electron chi connectivity index (χ4n) is 3.51. The molecule has 3 aromatic carbocycles. The number of hydrogen-bond acceptors (Lipinski definition) is 4. The van der Waals surface area contributed by atoms with Crippen molar-refractivity contribution in [1.29, 1.82) is 0 Å². The summed E-state index contributed by atoms with van der Waals surface area (Å²) in [7, 11) is 0. The molecule has 39 heavy (non-hydrogen) atoms. The highest BCUT2D eigenvalue weighted by molar-refractivity contribution is 6.31. The summed E-state index contributed by atoms with van der Waals surface area (Å²) < 4.78 is 44.9. The fraction of sp³-hybridized carbons (Fsp3) is 0.107. The van der Waals surface area contributed by atoms with Gasteiger partial charge in [-0.3, -0.25) is 9.78 Å². The maximum atomic E-state index is 13.0. The van der Waals surface area contributed by atoms with Crippen LogP contribution in [-0.2, 0) is 12.6 Å². The Hall–Kier alpha value is -4.57. The van der Waals surface area contributed by atoms with Crippen molar-refractivity contribution in [3.05, 3.63) is 113 Å². The van der Waals surface area contributed by atoms with Crippen molar-refractivity contribution in [3.8, 4) is 11.5 Å². The Balaban J connectivity index is 1.30. The number of anilines is 2. The molecule has 0 spiro atoms. The molecule has 200 valence electrons. The Morgan fingerprint density at radius 1 is 0.846 bits per heavy atom. The van der Waals surface area contributed by atoms with Crippen LogP contribution < -0.4 is 20.7 Å². The summed E-state index contributed by atoms with van der Waals surface area (Å²) in [6.07, 6.45) is -2.50. The number of ether oxygens (including phenoxy) is 1. The predicted octanol–water partition coefficient (Wildman–Crippen LogP) is 7.16. The van der Waals surface area contributed by atoms with Crippen molar-refractivity contribution in [3.63, 3.8) is 0 Å². The Bertz CT molecular complexity index is 1450. The summed E-state index contributed by atoms with van der Waals surface area (Å²) in [5.74, 6) is 0.486. The highest BCUT2D eigenvalue weighted by Crippen LogP contribution is 2.36. The number of halogens is 4. The minimum Gasteiger partial charge on any atom is -0.457 e. The molecule has 3 N–H and O–H groups in total. The largest absolute Gasteiger partial charge is 0.457 e. The lowest BCUT2D eigenvalue weighted by molar-refractivity contribution is -0.137. The molecule has 0 aliphatic rings. The monoisotopic (exact) mass is 554 g/mol. The van der Waals surface area contributed by atoms with Crippen LogP contribution in [0, 0.1) is 0 Å². The third kappa shape index (κ3) is 7.96. The van der Waals surface area contributed by atoms with Gasteiger partial charge in [-0.05, 0) is 60.5 Å². The Kier molecular flexibility index (Phi) is 8.67. The van der Waals surface area contributed by atoms with Crippen LogP contribution in [0.1, 0.15) is 21.6 Å². The van der Waals surface area contributed by atoms with Gasteiger partial charge in [0, 0.05) is 30.2 Å². The minimum atomic E-state index is -4.65. The molecular weight excluding hydrogens is 533 g/mol. The van der Waals surface area contributed by atoms with Crippen LogP contribution in [0.3, 0.4) is 0 Å². The van der Waals surface area contributed by atoms with Gasteiger partial charge in [0.2, 0.25) is 0 Å². The second-order valence-corrected chi connectivity index (χ2v) is 8.67. The average Bonchev–Trinajstić information content (AvgIpc) is 2.91. The smallest absolute Gasteiger partial charge is 0.417 e. The maximum absolute atomic E-state index is 13.0. The summed E-state index contributed by atoms with van der Waals surface area (Å²) in [6.45, 7) is 0.458. The van der Waals surface area contributed by atoms with Crippen LogP contribution in [-0.4, -0.2) is 23.5 Å². The van der Waals surface area contributed by atoms with E-state index >= 15 is 0 Å². The molecule has 0 radical (unpaired) electrons. The zero-order valence-electron chi connectivity index (χ0n) is 20.3. The van der Waals surface area contributed by atoms with Crippen LogP contribution >= 0.6 is 11.6 Å². The molecule has 0 unspecified atom stereocenters. The maximum Gasteiger partial charge on any atom is 0.417 e. The molecule has 7 nitrogen and oxygen atoms in total. The highest BCUT2D eigenvalue weighted by atomic mass is 35.5. The first-order chi connectivity index (χ1) is 18.7. The Morgan fingerprint density at radius 2 is 1.54 bits per heavy atom. The van der Waals surface area contributed by atoms with Gasteiger partial charge < -0.3 is 20.7 Å². The number of carbonyl (C=O) groups is 2. The van der Waals surface area contributed by atoms with Gasteiger partial charge in [-0.1, -0.05) is 41.9 Å². The van der Waals surface area contributed by atoms with Crippen molar-refractivity contribution >= 4 is 34.9 Å². The van der Waals surface area contributed by atoms with E-state index in [2.05, 4.69) is 20.9 Å². The van der Waals surface area contributed by atoms with Gasteiger partial charge in [-0.2, -0.15) is 13.2 Å². The van der Waals surface area contributed by atoms with Gasteiger partial charge in [-0.25, -0.2) is 4.79 Å². The molecular formula is C28H22ClF3N4O3. The van der Waals surface area contributed by atoms with Crippen LogP contribution in [0.4, 0.5) is 29.3 Å². The third-order valence-corrected chi connectivity index (χ3v) is 5.71. The number of urea groups is 1. The van der Waals surface area contributed by atoms with Crippen molar-refractivity contribution in [2.24, 2.45) is 0 Å². The van der Waals surface area contributed by atoms with Crippen molar-refractivity contribution in [1.82, 2.24) is 10.3 Å². The van der Waals surface area contributed by atoms with Gasteiger partial charge in [0.1, 0.15) is 17.2 Å². The van der Waals surface area contributed by atoms with E-state index in [1.165, 1.54) is 18.3 Å². The van der Waals surface area contributed by atoms with Crippen LogP contribution in [0.25, 0.3) is 0 Å². The second kappa shape index (κ2) is 12.3. The number of aromatic nitrogens is 1. The number of nitrogens with one attached hydrogen (secondary N) is 3. The summed E-state index contributed by atoms with van der Waals surface area (Å²) in [5, 5.41) is 7.23. The lowest BCUT2D eigenvalue weighted by Crippen LogP contribution is -2.26. The minimum absolute atomic E-state index is 0.0678. The first-order valence-electron chi connectivity index (χ1n) is 11.7. The molecule has 0 aliphatic heterocycles. The summed E-state index contributed by atoms with van der Waals surface area (Å²) in [4.78, 5) is 28.8. The van der Waals surface area contributed by atoms with Gasteiger partial charge in [0.05, 0.1) is 10.6 Å². The van der Waals surface area contributed by atoms with Gasteiger partial charge in [0.25, 0.3) is 5.91 Å². The van der Waals surface area contributed by atoms with Crippen LogP contribution in [0.2, 0.25) is 5.02 Å². The quantitative estimate of drug-likeness (QED) is 0.215.